The van der Waals surface area contributed by atoms with Gasteiger partial charge in [-0.3, -0.25) is 4.79 Å². The van der Waals surface area contributed by atoms with Gasteiger partial charge < -0.3 is 9.84 Å². The first-order chi connectivity index (χ1) is 5.14. The molecule has 0 radical (unpaired) electrons. The minimum absolute atomic E-state index is 0.231. The molecule has 0 amide bonds. The average Bonchev–Trinajstić information content (AvgIpc) is 2.41. The fraction of sp³-hybridized carbons (Fsp3) is 0.875. The van der Waals surface area contributed by atoms with Crippen molar-refractivity contribution < 1.29 is 14.6 Å². The normalized spacial score (nSPS) is 15.9. The van der Waals surface area contributed by atoms with Gasteiger partial charge in [-0.1, -0.05) is 13.8 Å². The van der Waals surface area contributed by atoms with Crippen LogP contribution >= 0.6 is 0 Å². The van der Waals surface area contributed by atoms with Gasteiger partial charge in [0.2, 0.25) is 0 Å². The summed E-state index contributed by atoms with van der Waals surface area (Å²) in [7, 11) is 0. The second-order valence-corrected chi connectivity index (χ2v) is 2.81. The van der Waals surface area contributed by atoms with E-state index in [0.29, 0.717) is 0 Å². The molecule has 0 aliphatic carbocycles. The van der Waals surface area contributed by atoms with Gasteiger partial charge in [0.05, 0.1) is 5.92 Å². The van der Waals surface area contributed by atoms with Crippen molar-refractivity contribution >= 4 is 5.97 Å². The van der Waals surface area contributed by atoms with Crippen LogP contribution in [0.15, 0.2) is 0 Å². The Balaban J connectivity index is 0.000000183. The lowest BCUT2D eigenvalue weighted by Gasteiger charge is -1.89. The number of ether oxygens (including phenoxy) is 1. The zero-order valence-corrected chi connectivity index (χ0v) is 7.17. The Hall–Kier alpha value is -0.570. The van der Waals surface area contributed by atoms with E-state index in [-0.39, 0.29) is 5.92 Å². The summed E-state index contributed by atoms with van der Waals surface area (Å²) in [4.78, 5) is 9.70. The van der Waals surface area contributed by atoms with Crippen LogP contribution in [0.3, 0.4) is 0 Å². The van der Waals surface area contributed by atoms with Gasteiger partial charge in [-0.2, -0.15) is 0 Å². The second kappa shape index (κ2) is 6.16. The van der Waals surface area contributed by atoms with E-state index in [1.165, 1.54) is 12.8 Å². The zero-order chi connectivity index (χ0) is 8.69. The molecule has 0 unspecified atom stereocenters. The van der Waals surface area contributed by atoms with E-state index < -0.39 is 5.97 Å². The van der Waals surface area contributed by atoms with Crippen LogP contribution in [-0.2, 0) is 9.53 Å². The molecule has 0 aromatic heterocycles. The Labute approximate surface area is 67.4 Å². The molecule has 0 spiro atoms. The van der Waals surface area contributed by atoms with Crippen molar-refractivity contribution in [3.8, 4) is 0 Å². The number of carbonyl (C=O) groups is 1. The molecule has 0 atom stereocenters. The predicted molar refractivity (Wildman–Crippen MR) is 42.5 cm³/mol. The van der Waals surface area contributed by atoms with Crippen LogP contribution in [0.1, 0.15) is 26.7 Å². The van der Waals surface area contributed by atoms with Crippen molar-refractivity contribution in [3.05, 3.63) is 0 Å². The molecule has 11 heavy (non-hydrogen) atoms. The Bertz CT molecular complexity index is 98.3. The zero-order valence-electron chi connectivity index (χ0n) is 7.17. The summed E-state index contributed by atoms with van der Waals surface area (Å²) in [5.74, 6) is -0.972. The summed E-state index contributed by atoms with van der Waals surface area (Å²) in [6, 6.07) is 0. The largest absolute Gasteiger partial charge is 0.481 e. The van der Waals surface area contributed by atoms with E-state index in [9.17, 15) is 4.79 Å². The Morgan fingerprint density at radius 1 is 1.36 bits per heavy atom. The summed E-state index contributed by atoms with van der Waals surface area (Å²) in [6.07, 6.45) is 2.56. The Kier molecular flexibility index (Phi) is 5.84. The molecular formula is C8H16O3. The van der Waals surface area contributed by atoms with Crippen molar-refractivity contribution in [2.24, 2.45) is 5.92 Å². The molecule has 0 aromatic rings. The maximum absolute atomic E-state index is 9.70. The molecule has 66 valence electrons. The molecule has 0 aromatic carbocycles. The number of aliphatic carboxylic acids is 1. The topological polar surface area (TPSA) is 46.5 Å². The highest BCUT2D eigenvalue weighted by Crippen LogP contribution is 1.98. The van der Waals surface area contributed by atoms with Gasteiger partial charge in [-0.05, 0) is 12.8 Å². The van der Waals surface area contributed by atoms with E-state index in [1.54, 1.807) is 13.8 Å². The predicted octanol–water partition coefficient (Wildman–Crippen LogP) is 1.52. The average molecular weight is 160 g/mol. The maximum atomic E-state index is 9.70. The smallest absolute Gasteiger partial charge is 0.305 e. The van der Waals surface area contributed by atoms with Crippen LogP contribution in [0.5, 0.6) is 0 Å². The molecule has 0 bridgehead atoms. The van der Waals surface area contributed by atoms with E-state index in [1.807, 2.05) is 0 Å². The number of carboxylic acids is 1. The van der Waals surface area contributed by atoms with Gasteiger partial charge in [0.1, 0.15) is 0 Å². The SMILES string of the molecule is C1CCOC1.CC(C)C(=O)O. The van der Waals surface area contributed by atoms with Gasteiger partial charge in [0.25, 0.3) is 0 Å². The van der Waals surface area contributed by atoms with Crippen LogP contribution in [0, 0.1) is 5.92 Å². The highest BCUT2D eigenvalue weighted by molar-refractivity contribution is 5.68. The van der Waals surface area contributed by atoms with Gasteiger partial charge in [0, 0.05) is 13.2 Å². The monoisotopic (exact) mass is 160 g/mol. The van der Waals surface area contributed by atoms with Crippen LogP contribution < -0.4 is 0 Å². The maximum Gasteiger partial charge on any atom is 0.305 e. The van der Waals surface area contributed by atoms with Crippen molar-refractivity contribution in [2.75, 3.05) is 13.2 Å². The highest BCUT2D eigenvalue weighted by Gasteiger charge is 1.99. The van der Waals surface area contributed by atoms with Crippen molar-refractivity contribution in [2.45, 2.75) is 26.7 Å². The third-order valence-electron chi connectivity index (χ3n) is 1.32. The second-order valence-electron chi connectivity index (χ2n) is 2.81. The molecule has 1 rings (SSSR count). The summed E-state index contributed by atoms with van der Waals surface area (Å²) in [5, 5.41) is 7.99. The lowest BCUT2D eigenvalue weighted by Crippen LogP contribution is -2.03. The van der Waals surface area contributed by atoms with Crippen LogP contribution in [0.25, 0.3) is 0 Å². The van der Waals surface area contributed by atoms with E-state index in [2.05, 4.69) is 0 Å². The molecule has 1 saturated heterocycles. The Morgan fingerprint density at radius 2 is 1.73 bits per heavy atom. The van der Waals surface area contributed by atoms with Gasteiger partial charge in [-0.15, -0.1) is 0 Å². The summed E-state index contributed by atoms with van der Waals surface area (Å²) >= 11 is 0. The Morgan fingerprint density at radius 3 is 1.82 bits per heavy atom. The summed E-state index contributed by atoms with van der Waals surface area (Å²) in [6.45, 7) is 5.28. The molecular weight excluding hydrogens is 144 g/mol. The third-order valence-corrected chi connectivity index (χ3v) is 1.32. The first-order valence-corrected chi connectivity index (χ1v) is 3.95. The molecule has 1 N–H and O–H groups in total. The first-order valence-electron chi connectivity index (χ1n) is 3.95. The minimum Gasteiger partial charge on any atom is -0.481 e. The quantitative estimate of drug-likeness (QED) is 0.632. The van der Waals surface area contributed by atoms with Gasteiger partial charge in [0.15, 0.2) is 0 Å². The summed E-state index contributed by atoms with van der Waals surface area (Å²) < 4.78 is 4.94. The molecule has 3 nitrogen and oxygen atoms in total. The van der Waals surface area contributed by atoms with Crippen LogP contribution in [-0.4, -0.2) is 24.3 Å². The molecule has 1 aliphatic heterocycles. The summed E-state index contributed by atoms with van der Waals surface area (Å²) in [5.41, 5.74) is 0. The van der Waals surface area contributed by atoms with Crippen LogP contribution in [0.2, 0.25) is 0 Å². The fourth-order valence-electron chi connectivity index (χ4n) is 0.510. The minimum atomic E-state index is -0.741. The lowest BCUT2D eigenvalue weighted by molar-refractivity contribution is -0.140. The third kappa shape index (κ3) is 7.33. The number of rotatable bonds is 1. The molecule has 1 heterocycles. The van der Waals surface area contributed by atoms with Crippen molar-refractivity contribution in [1.29, 1.82) is 0 Å². The van der Waals surface area contributed by atoms with Gasteiger partial charge in [-0.25, -0.2) is 0 Å². The molecule has 3 heteroatoms. The number of hydrogen-bond acceptors (Lipinski definition) is 2. The number of hydrogen-bond donors (Lipinski definition) is 1. The van der Waals surface area contributed by atoms with Crippen LogP contribution in [0.4, 0.5) is 0 Å². The van der Waals surface area contributed by atoms with E-state index >= 15 is 0 Å². The lowest BCUT2D eigenvalue weighted by atomic mass is 10.2. The van der Waals surface area contributed by atoms with Gasteiger partial charge >= 0.3 is 5.97 Å². The molecule has 0 saturated carbocycles. The van der Waals surface area contributed by atoms with Crippen molar-refractivity contribution in [3.63, 3.8) is 0 Å². The fourth-order valence-corrected chi connectivity index (χ4v) is 0.510. The van der Waals surface area contributed by atoms with Crippen molar-refractivity contribution in [1.82, 2.24) is 0 Å². The number of carboxylic acid groups (broad SMARTS) is 1. The van der Waals surface area contributed by atoms with E-state index in [4.69, 9.17) is 9.84 Å². The first kappa shape index (κ1) is 10.4. The molecule has 1 fully saturated rings. The standard InChI is InChI=1S/C4H8O2.C4H8O/c1-3(2)4(5)6;1-2-4-5-3-1/h3H,1-2H3,(H,5,6);1-4H2. The highest BCUT2D eigenvalue weighted by atomic mass is 16.5. The molecule has 1 aliphatic rings. The van der Waals surface area contributed by atoms with E-state index in [0.717, 1.165) is 13.2 Å².